The van der Waals surface area contributed by atoms with Crippen LogP contribution in [0.3, 0.4) is 0 Å². The number of anilines is 1. The van der Waals surface area contributed by atoms with Crippen molar-refractivity contribution in [3.63, 3.8) is 0 Å². The maximum Gasteiger partial charge on any atom is 0.495 e. The number of benzene rings is 2. The predicted octanol–water partition coefficient (Wildman–Crippen LogP) is 1.56. The molecular formula is C28H34BFN4O6. The highest BCUT2D eigenvalue weighted by Gasteiger charge is 2.31. The molecule has 3 aromatic rings. The number of pyridine rings is 1. The van der Waals surface area contributed by atoms with Gasteiger partial charge < -0.3 is 34.7 Å². The molecule has 4 N–H and O–H groups in total. The van der Waals surface area contributed by atoms with Gasteiger partial charge in [0.15, 0.2) is 0 Å². The molecule has 6 rings (SSSR count). The Hall–Kier alpha value is -3.45. The number of fused-ring (bicyclic) bond motifs is 2. The first-order valence-electron chi connectivity index (χ1n) is 13.6. The van der Waals surface area contributed by atoms with Crippen molar-refractivity contribution in [1.82, 2.24) is 9.47 Å². The summed E-state index contributed by atoms with van der Waals surface area (Å²) in [6, 6.07) is 8.71. The average molecular weight is 552 g/mol. The minimum absolute atomic E-state index is 0.111. The van der Waals surface area contributed by atoms with Gasteiger partial charge in [0.1, 0.15) is 17.1 Å². The molecular weight excluding hydrogens is 518 g/mol. The van der Waals surface area contributed by atoms with Crippen molar-refractivity contribution in [2.75, 3.05) is 51.3 Å². The fourth-order valence-corrected chi connectivity index (χ4v) is 5.46. The van der Waals surface area contributed by atoms with E-state index in [2.05, 4.69) is 10.6 Å². The molecule has 10 nitrogen and oxygen atoms in total. The van der Waals surface area contributed by atoms with Gasteiger partial charge in [-0.05, 0) is 50.1 Å². The van der Waals surface area contributed by atoms with Crippen molar-refractivity contribution >= 4 is 35.1 Å². The molecule has 0 radical (unpaired) electrons. The number of nitrogens with zero attached hydrogens (tertiary/aromatic N) is 3. The highest BCUT2D eigenvalue weighted by molar-refractivity contribution is 6.62. The molecule has 0 atom stereocenters. The van der Waals surface area contributed by atoms with Crippen LogP contribution in [0.2, 0.25) is 0 Å². The SMILES string of the molecule is CN.O=C(O)c1cn(C2CC2)c2cc(N3CCN(CCCOc4cccc5c4B(O)OC5)CC3)c(F)cc2c1=O. The Kier molecular flexibility index (Phi) is 8.41. The average Bonchev–Trinajstić information content (AvgIpc) is 3.74. The van der Waals surface area contributed by atoms with Crippen LogP contribution in [0.15, 0.2) is 41.3 Å². The first-order valence-corrected chi connectivity index (χ1v) is 13.6. The molecule has 1 aromatic heterocycles. The number of aromatic nitrogens is 1. The molecule has 0 amide bonds. The van der Waals surface area contributed by atoms with E-state index in [0.717, 1.165) is 44.5 Å². The molecule has 2 aromatic carbocycles. The van der Waals surface area contributed by atoms with Gasteiger partial charge in [-0.3, -0.25) is 9.69 Å². The number of nitrogens with two attached hydrogens (primary N) is 1. The number of carboxylic acids is 1. The molecule has 2 fully saturated rings. The Morgan fingerprint density at radius 1 is 1.20 bits per heavy atom. The number of rotatable bonds is 8. The van der Waals surface area contributed by atoms with E-state index in [9.17, 15) is 19.7 Å². The van der Waals surface area contributed by atoms with Crippen molar-refractivity contribution in [3.8, 4) is 5.75 Å². The number of hydrogen-bond acceptors (Lipinski definition) is 8. The Labute approximate surface area is 231 Å². The fraction of sp³-hybridized carbons (Fsp3) is 0.429. The van der Waals surface area contributed by atoms with Crippen molar-refractivity contribution in [1.29, 1.82) is 0 Å². The van der Waals surface area contributed by atoms with Crippen LogP contribution in [0.5, 0.6) is 5.75 Å². The van der Waals surface area contributed by atoms with Gasteiger partial charge in [0.05, 0.1) is 24.4 Å². The zero-order valence-electron chi connectivity index (χ0n) is 22.5. The summed E-state index contributed by atoms with van der Waals surface area (Å²) in [6.45, 7) is 4.54. The summed E-state index contributed by atoms with van der Waals surface area (Å²) in [4.78, 5) is 28.6. The van der Waals surface area contributed by atoms with E-state index in [1.807, 2.05) is 27.7 Å². The molecule has 212 valence electrons. The van der Waals surface area contributed by atoms with Crippen molar-refractivity contribution in [2.45, 2.75) is 31.9 Å². The lowest BCUT2D eigenvalue weighted by Crippen LogP contribution is -2.47. The van der Waals surface area contributed by atoms with E-state index in [-0.39, 0.29) is 17.0 Å². The Morgan fingerprint density at radius 3 is 2.65 bits per heavy atom. The van der Waals surface area contributed by atoms with Gasteiger partial charge in [0, 0.05) is 55.8 Å². The highest BCUT2D eigenvalue weighted by atomic mass is 19.1. The quantitative estimate of drug-likeness (QED) is 0.282. The Morgan fingerprint density at radius 2 is 1.95 bits per heavy atom. The van der Waals surface area contributed by atoms with Gasteiger partial charge in [-0.2, -0.15) is 0 Å². The smallest absolute Gasteiger partial charge is 0.494 e. The number of halogens is 1. The lowest BCUT2D eigenvalue weighted by atomic mass is 9.79. The predicted molar refractivity (Wildman–Crippen MR) is 151 cm³/mol. The van der Waals surface area contributed by atoms with Gasteiger partial charge in [-0.25, -0.2) is 9.18 Å². The topological polar surface area (TPSA) is 130 Å². The largest absolute Gasteiger partial charge is 0.495 e. The van der Waals surface area contributed by atoms with Crippen LogP contribution in [0, 0.1) is 5.82 Å². The van der Waals surface area contributed by atoms with Crippen LogP contribution in [-0.4, -0.2) is 79.1 Å². The maximum atomic E-state index is 15.2. The molecule has 1 saturated heterocycles. The van der Waals surface area contributed by atoms with Crippen molar-refractivity contribution in [3.05, 3.63) is 63.7 Å². The minimum atomic E-state index is -1.29. The van der Waals surface area contributed by atoms with Gasteiger partial charge in [-0.1, -0.05) is 12.1 Å². The summed E-state index contributed by atoms with van der Waals surface area (Å²) >= 11 is 0. The molecule has 0 bridgehead atoms. The van der Waals surface area contributed by atoms with Crippen LogP contribution in [-0.2, 0) is 11.3 Å². The molecule has 0 spiro atoms. The number of piperazine rings is 1. The second-order valence-electron chi connectivity index (χ2n) is 10.2. The molecule has 3 heterocycles. The van der Waals surface area contributed by atoms with Crippen LogP contribution in [0.4, 0.5) is 10.1 Å². The zero-order chi connectivity index (χ0) is 28.4. The Bertz CT molecular complexity index is 1450. The second-order valence-corrected chi connectivity index (χ2v) is 10.2. The maximum absolute atomic E-state index is 15.2. The number of carboxylic acid groups (broad SMARTS) is 1. The summed E-state index contributed by atoms with van der Waals surface area (Å²) in [6.07, 6.45) is 4.04. The summed E-state index contributed by atoms with van der Waals surface area (Å²) in [5, 5.41) is 19.6. The van der Waals surface area contributed by atoms with E-state index >= 15 is 4.39 Å². The molecule has 3 aliphatic rings. The van der Waals surface area contributed by atoms with Gasteiger partial charge in [-0.15, -0.1) is 0 Å². The van der Waals surface area contributed by atoms with Crippen molar-refractivity contribution < 1.29 is 28.7 Å². The molecule has 1 saturated carbocycles. The molecule has 12 heteroatoms. The van der Waals surface area contributed by atoms with Gasteiger partial charge in [0.2, 0.25) is 5.43 Å². The normalized spacial score (nSPS) is 17.0. The summed E-state index contributed by atoms with van der Waals surface area (Å²) < 4.78 is 28.2. The highest BCUT2D eigenvalue weighted by Crippen LogP contribution is 2.38. The monoisotopic (exact) mass is 552 g/mol. The van der Waals surface area contributed by atoms with Crippen LogP contribution in [0.25, 0.3) is 10.9 Å². The van der Waals surface area contributed by atoms with Gasteiger partial charge >= 0.3 is 13.1 Å². The van der Waals surface area contributed by atoms with E-state index in [4.69, 9.17) is 9.39 Å². The van der Waals surface area contributed by atoms with Crippen LogP contribution >= 0.6 is 0 Å². The lowest BCUT2D eigenvalue weighted by Gasteiger charge is -2.36. The van der Waals surface area contributed by atoms with E-state index < -0.39 is 24.3 Å². The molecule has 2 aliphatic heterocycles. The van der Waals surface area contributed by atoms with Crippen LogP contribution < -0.4 is 26.3 Å². The minimum Gasteiger partial charge on any atom is -0.494 e. The van der Waals surface area contributed by atoms with Crippen molar-refractivity contribution in [2.24, 2.45) is 5.73 Å². The van der Waals surface area contributed by atoms with E-state index in [0.29, 0.717) is 48.7 Å². The number of hydrogen-bond donors (Lipinski definition) is 3. The summed E-state index contributed by atoms with van der Waals surface area (Å²) in [7, 11) is 0.558. The summed E-state index contributed by atoms with van der Waals surface area (Å²) in [5.41, 5.74) is 6.21. The van der Waals surface area contributed by atoms with Crippen LogP contribution in [0.1, 0.15) is 41.2 Å². The number of carbonyl (C=O) groups is 1. The third-order valence-corrected chi connectivity index (χ3v) is 7.66. The number of ether oxygens (including phenoxy) is 1. The summed E-state index contributed by atoms with van der Waals surface area (Å²) in [5.74, 6) is -1.15. The first kappa shape index (κ1) is 28.1. The lowest BCUT2D eigenvalue weighted by molar-refractivity contribution is 0.0694. The first-order chi connectivity index (χ1) is 19.4. The zero-order valence-corrected chi connectivity index (χ0v) is 22.5. The standard InChI is InChI=1S/C27H29BFN3O6.CH5N/c29-21-13-19-22(32(18-5-6-18)15-20(26(19)33)27(34)35)14-23(21)31-10-8-30(9-11-31)7-2-12-37-24-4-1-3-17-16-38-28(36)25(17)24;1-2/h1,3-4,13-15,18,36H,2,5-12,16H2,(H,34,35);2H2,1H3. The number of aromatic carboxylic acids is 1. The second kappa shape index (κ2) is 12.0. The third kappa shape index (κ3) is 5.57. The Balaban J connectivity index is 0.00000158. The van der Waals surface area contributed by atoms with E-state index in [1.165, 1.54) is 19.3 Å². The fourth-order valence-electron chi connectivity index (χ4n) is 5.46. The molecule has 0 unspecified atom stereocenters. The third-order valence-electron chi connectivity index (χ3n) is 7.66. The molecule has 1 aliphatic carbocycles. The van der Waals surface area contributed by atoms with Gasteiger partial charge in [0.25, 0.3) is 0 Å². The van der Waals surface area contributed by atoms with E-state index in [1.54, 1.807) is 6.07 Å². The molecule has 40 heavy (non-hydrogen) atoms.